The number of hydrogen-bond acceptors (Lipinski definition) is 3. The van der Waals surface area contributed by atoms with Crippen LogP contribution in [0.1, 0.15) is 11.1 Å². The quantitative estimate of drug-likeness (QED) is 0.633. The predicted molar refractivity (Wildman–Crippen MR) is 95.9 cm³/mol. The standard InChI is InChI=1S/C18H19ClFN3O2/c1-21-18(23-10-13-2-4-15(20)14(19)8-13)22-7-6-12-3-5-16-17(9-12)25-11-24-16/h2-5,8-9H,6-7,10-11H2,1H3,(H2,21,22,23). The number of rotatable bonds is 5. The fourth-order valence-electron chi connectivity index (χ4n) is 2.48. The minimum Gasteiger partial charge on any atom is -0.454 e. The molecule has 3 rings (SSSR count). The van der Waals surface area contributed by atoms with Gasteiger partial charge in [-0.05, 0) is 41.8 Å². The molecule has 0 fully saturated rings. The molecule has 2 aromatic rings. The zero-order valence-corrected chi connectivity index (χ0v) is 14.6. The Morgan fingerprint density at radius 3 is 2.72 bits per heavy atom. The van der Waals surface area contributed by atoms with Crippen molar-refractivity contribution in [3.63, 3.8) is 0 Å². The Hall–Kier alpha value is -2.47. The first-order valence-corrected chi connectivity index (χ1v) is 8.30. The molecule has 0 aliphatic carbocycles. The van der Waals surface area contributed by atoms with Gasteiger partial charge in [0.15, 0.2) is 17.5 Å². The topological polar surface area (TPSA) is 54.9 Å². The lowest BCUT2D eigenvalue weighted by Gasteiger charge is -2.12. The van der Waals surface area contributed by atoms with Crippen molar-refractivity contribution in [1.29, 1.82) is 0 Å². The van der Waals surface area contributed by atoms with Crippen molar-refractivity contribution in [2.24, 2.45) is 4.99 Å². The molecule has 132 valence electrons. The van der Waals surface area contributed by atoms with E-state index in [1.165, 1.54) is 6.07 Å². The van der Waals surface area contributed by atoms with Crippen LogP contribution < -0.4 is 20.1 Å². The van der Waals surface area contributed by atoms with Crippen LogP contribution in [0.25, 0.3) is 0 Å². The van der Waals surface area contributed by atoms with E-state index in [0.717, 1.165) is 29.0 Å². The highest BCUT2D eigenvalue weighted by Gasteiger charge is 2.13. The highest BCUT2D eigenvalue weighted by Crippen LogP contribution is 2.32. The van der Waals surface area contributed by atoms with Crippen molar-refractivity contribution in [2.75, 3.05) is 20.4 Å². The van der Waals surface area contributed by atoms with Gasteiger partial charge < -0.3 is 20.1 Å². The number of aliphatic imine (C=N–C) groups is 1. The Morgan fingerprint density at radius 1 is 1.12 bits per heavy atom. The number of fused-ring (bicyclic) bond motifs is 1. The van der Waals surface area contributed by atoms with Gasteiger partial charge in [-0.15, -0.1) is 0 Å². The van der Waals surface area contributed by atoms with Gasteiger partial charge in [-0.3, -0.25) is 4.99 Å². The zero-order valence-electron chi connectivity index (χ0n) is 13.8. The van der Waals surface area contributed by atoms with Crippen LogP contribution in [-0.2, 0) is 13.0 Å². The average Bonchev–Trinajstić information content (AvgIpc) is 3.08. The van der Waals surface area contributed by atoms with Gasteiger partial charge in [-0.2, -0.15) is 0 Å². The molecule has 5 nitrogen and oxygen atoms in total. The van der Waals surface area contributed by atoms with Gasteiger partial charge >= 0.3 is 0 Å². The normalized spacial score (nSPS) is 13.0. The van der Waals surface area contributed by atoms with E-state index in [9.17, 15) is 4.39 Å². The molecule has 1 aliphatic heterocycles. The lowest BCUT2D eigenvalue weighted by molar-refractivity contribution is 0.174. The van der Waals surface area contributed by atoms with Crippen LogP contribution in [-0.4, -0.2) is 26.3 Å². The Balaban J connectivity index is 1.47. The summed E-state index contributed by atoms with van der Waals surface area (Å²) in [6.45, 7) is 1.49. The fraction of sp³-hybridized carbons (Fsp3) is 0.278. The van der Waals surface area contributed by atoms with Crippen molar-refractivity contribution in [3.05, 3.63) is 58.4 Å². The van der Waals surface area contributed by atoms with Crippen molar-refractivity contribution in [3.8, 4) is 11.5 Å². The van der Waals surface area contributed by atoms with Gasteiger partial charge in [0.05, 0.1) is 5.02 Å². The maximum absolute atomic E-state index is 13.2. The van der Waals surface area contributed by atoms with E-state index in [4.69, 9.17) is 21.1 Å². The first-order chi connectivity index (χ1) is 12.2. The molecule has 0 amide bonds. The third-order valence-electron chi connectivity index (χ3n) is 3.81. The van der Waals surface area contributed by atoms with Crippen LogP contribution in [0.3, 0.4) is 0 Å². The number of halogens is 2. The summed E-state index contributed by atoms with van der Waals surface area (Å²) in [6, 6.07) is 10.6. The highest BCUT2D eigenvalue weighted by molar-refractivity contribution is 6.30. The summed E-state index contributed by atoms with van der Waals surface area (Å²) >= 11 is 5.79. The highest BCUT2D eigenvalue weighted by atomic mass is 35.5. The van der Waals surface area contributed by atoms with Crippen molar-refractivity contribution in [1.82, 2.24) is 10.6 Å². The summed E-state index contributed by atoms with van der Waals surface area (Å²) in [7, 11) is 1.70. The molecular formula is C18H19ClFN3O2. The SMILES string of the molecule is CN=C(NCCc1ccc2c(c1)OCO2)NCc1ccc(F)c(Cl)c1. The molecule has 0 aromatic heterocycles. The second kappa shape index (κ2) is 8.07. The number of benzene rings is 2. The van der Waals surface area contributed by atoms with Gasteiger partial charge in [-0.1, -0.05) is 23.7 Å². The largest absolute Gasteiger partial charge is 0.454 e. The Bertz CT molecular complexity index is 783. The summed E-state index contributed by atoms with van der Waals surface area (Å²) in [5.41, 5.74) is 2.03. The van der Waals surface area contributed by atoms with E-state index < -0.39 is 5.82 Å². The molecule has 1 heterocycles. The van der Waals surface area contributed by atoms with E-state index in [0.29, 0.717) is 19.0 Å². The van der Waals surface area contributed by atoms with Gasteiger partial charge in [0.25, 0.3) is 0 Å². The van der Waals surface area contributed by atoms with Crippen LogP contribution in [0.4, 0.5) is 4.39 Å². The molecule has 0 atom stereocenters. The molecule has 7 heteroatoms. The second-order valence-corrected chi connectivity index (χ2v) is 5.95. The van der Waals surface area contributed by atoms with Gasteiger partial charge in [-0.25, -0.2) is 4.39 Å². The summed E-state index contributed by atoms with van der Waals surface area (Å²) in [5.74, 6) is 1.82. The Labute approximate surface area is 150 Å². The van der Waals surface area contributed by atoms with Gasteiger partial charge in [0, 0.05) is 20.1 Å². The summed E-state index contributed by atoms with van der Waals surface area (Å²) in [5, 5.41) is 6.53. The minimum atomic E-state index is -0.420. The lowest BCUT2D eigenvalue weighted by Crippen LogP contribution is -2.37. The third kappa shape index (κ3) is 4.54. The van der Waals surface area contributed by atoms with Crippen LogP contribution in [0, 0.1) is 5.82 Å². The van der Waals surface area contributed by atoms with Crippen molar-refractivity contribution >= 4 is 17.6 Å². The van der Waals surface area contributed by atoms with E-state index in [1.807, 2.05) is 18.2 Å². The predicted octanol–water partition coefficient (Wildman–Crippen LogP) is 3.12. The number of nitrogens with zero attached hydrogens (tertiary/aromatic N) is 1. The maximum Gasteiger partial charge on any atom is 0.231 e. The third-order valence-corrected chi connectivity index (χ3v) is 4.10. The molecule has 0 unspecified atom stereocenters. The molecule has 1 aliphatic rings. The summed E-state index contributed by atoms with van der Waals surface area (Å²) in [6.07, 6.45) is 0.819. The Morgan fingerprint density at radius 2 is 1.92 bits per heavy atom. The molecular weight excluding hydrogens is 345 g/mol. The Kier molecular flexibility index (Phi) is 5.60. The molecule has 25 heavy (non-hydrogen) atoms. The number of nitrogens with one attached hydrogen (secondary N) is 2. The van der Waals surface area contributed by atoms with Crippen LogP contribution in [0.5, 0.6) is 11.5 Å². The number of ether oxygens (including phenoxy) is 2. The monoisotopic (exact) mass is 363 g/mol. The molecule has 2 N–H and O–H groups in total. The number of hydrogen-bond donors (Lipinski definition) is 2. The summed E-state index contributed by atoms with van der Waals surface area (Å²) < 4.78 is 23.8. The molecule has 0 spiro atoms. The van der Waals surface area contributed by atoms with Crippen molar-refractivity contribution in [2.45, 2.75) is 13.0 Å². The first kappa shape index (κ1) is 17.4. The second-order valence-electron chi connectivity index (χ2n) is 5.54. The van der Waals surface area contributed by atoms with E-state index in [2.05, 4.69) is 15.6 Å². The van der Waals surface area contributed by atoms with E-state index in [-0.39, 0.29) is 11.8 Å². The van der Waals surface area contributed by atoms with Gasteiger partial charge in [0.1, 0.15) is 5.82 Å². The molecule has 0 bridgehead atoms. The lowest BCUT2D eigenvalue weighted by atomic mass is 10.1. The fourth-order valence-corrected chi connectivity index (χ4v) is 2.68. The maximum atomic E-state index is 13.2. The van der Waals surface area contributed by atoms with E-state index >= 15 is 0 Å². The minimum absolute atomic E-state index is 0.116. The van der Waals surface area contributed by atoms with Crippen molar-refractivity contribution < 1.29 is 13.9 Å². The zero-order chi connectivity index (χ0) is 17.6. The van der Waals surface area contributed by atoms with Crippen LogP contribution in [0.2, 0.25) is 5.02 Å². The van der Waals surface area contributed by atoms with Gasteiger partial charge in [0.2, 0.25) is 6.79 Å². The summed E-state index contributed by atoms with van der Waals surface area (Å²) in [4.78, 5) is 4.17. The first-order valence-electron chi connectivity index (χ1n) is 7.92. The molecule has 0 saturated heterocycles. The molecule has 2 aromatic carbocycles. The van der Waals surface area contributed by atoms with Crippen LogP contribution >= 0.6 is 11.6 Å². The average molecular weight is 364 g/mol. The van der Waals surface area contributed by atoms with Crippen LogP contribution in [0.15, 0.2) is 41.4 Å². The smallest absolute Gasteiger partial charge is 0.231 e. The molecule has 0 saturated carbocycles. The molecule has 0 radical (unpaired) electrons. The number of guanidine groups is 1. The van der Waals surface area contributed by atoms with E-state index in [1.54, 1.807) is 19.2 Å².